The molecule has 4 rings (SSSR count). The summed E-state index contributed by atoms with van der Waals surface area (Å²) >= 11 is 0. The summed E-state index contributed by atoms with van der Waals surface area (Å²) in [5.74, 6) is 2.36. The van der Waals surface area contributed by atoms with E-state index >= 15 is 0 Å². The molecule has 0 aromatic heterocycles. The van der Waals surface area contributed by atoms with E-state index in [2.05, 4.69) is 50.4 Å². The number of morpholine rings is 1. The highest BCUT2D eigenvalue weighted by atomic mass is 127. The molecule has 0 spiro atoms. The molecule has 2 fully saturated rings. The molecule has 2 unspecified atom stereocenters. The largest absolute Gasteiger partial charge is 0.493 e. The molecular weight excluding hydrogens is 519 g/mol. The Kier molecular flexibility index (Phi) is 9.01. The first-order valence-electron chi connectivity index (χ1n) is 10.8. The third kappa shape index (κ3) is 5.65. The molecule has 0 bridgehead atoms. The number of ether oxygens (including phenoxy) is 3. The molecule has 2 atom stereocenters. The molecule has 8 heteroatoms. The fourth-order valence-corrected chi connectivity index (χ4v) is 4.45. The predicted molar refractivity (Wildman–Crippen MR) is 137 cm³/mol. The van der Waals surface area contributed by atoms with Gasteiger partial charge in [-0.1, -0.05) is 36.4 Å². The Bertz CT molecular complexity index is 896. The van der Waals surface area contributed by atoms with Crippen molar-refractivity contribution in [2.45, 2.75) is 25.2 Å². The maximum absolute atomic E-state index is 6.12. The van der Waals surface area contributed by atoms with E-state index in [1.807, 2.05) is 25.2 Å². The Balaban J connectivity index is 0.00000289. The molecule has 2 heterocycles. The lowest BCUT2D eigenvalue weighted by Gasteiger charge is -2.36. The minimum Gasteiger partial charge on any atom is -0.493 e. The summed E-state index contributed by atoms with van der Waals surface area (Å²) in [6.45, 7) is 5.11. The molecule has 2 aromatic rings. The molecule has 174 valence electrons. The maximum atomic E-state index is 6.12. The van der Waals surface area contributed by atoms with E-state index < -0.39 is 0 Å². The van der Waals surface area contributed by atoms with Crippen molar-refractivity contribution < 1.29 is 14.2 Å². The van der Waals surface area contributed by atoms with Crippen molar-refractivity contribution in [1.29, 1.82) is 0 Å². The lowest BCUT2D eigenvalue weighted by molar-refractivity contribution is -0.0502. The van der Waals surface area contributed by atoms with Crippen LogP contribution >= 0.6 is 24.0 Å². The van der Waals surface area contributed by atoms with E-state index in [0.29, 0.717) is 12.6 Å². The third-order valence-corrected chi connectivity index (χ3v) is 6.05. The number of likely N-dealkylation sites (tertiary alicyclic amines) is 1. The third-order valence-electron chi connectivity index (χ3n) is 6.05. The zero-order valence-corrected chi connectivity index (χ0v) is 21.3. The van der Waals surface area contributed by atoms with Crippen LogP contribution < -0.4 is 14.8 Å². The molecule has 2 aliphatic heterocycles. The molecule has 7 nitrogen and oxygen atoms in total. The Hall–Kier alpha value is -2.04. The number of hydrogen-bond donors (Lipinski definition) is 1. The van der Waals surface area contributed by atoms with Crippen LogP contribution in [0.25, 0.3) is 0 Å². The van der Waals surface area contributed by atoms with Gasteiger partial charge in [-0.05, 0) is 23.3 Å². The lowest BCUT2D eigenvalue weighted by Crippen LogP contribution is -2.50. The normalized spacial score (nSPS) is 21.0. The second-order valence-corrected chi connectivity index (χ2v) is 7.93. The second kappa shape index (κ2) is 11.7. The van der Waals surface area contributed by atoms with Gasteiger partial charge in [0.15, 0.2) is 17.5 Å². The minimum atomic E-state index is 0. The summed E-state index contributed by atoms with van der Waals surface area (Å²) in [7, 11) is 5.14. The van der Waals surface area contributed by atoms with Crippen LogP contribution in [0.15, 0.2) is 53.5 Å². The van der Waals surface area contributed by atoms with E-state index in [0.717, 1.165) is 55.8 Å². The Morgan fingerprint density at radius 1 is 1.06 bits per heavy atom. The van der Waals surface area contributed by atoms with Crippen molar-refractivity contribution in [3.05, 3.63) is 59.7 Å². The van der Waals surface area contributed by atoms with Gasteiger partial charge in [-0.25, -0.2) is 0 Å². The van der Waals surface area contributed by atoms with Crippen LogP contribution in [0, 0.1) is 0 Å². The topological polar surface area (TPSA) is 58.6 Å². The summed E-state index contributed by atoms with van der Waals surface area (Å²) < 4.78 is 16.9. The molecule has 2 aromatic carbocycles. The van der Waals surface area contributed by atoms with Gasteiger partial charge in [0.25, 0.3) is 0 Å². The van der Waals surface area contributed by atoms with Gasteiger partial charge in [-0.2, -0.15) is 0 Å². The monoisotopic (exact) mass is 552 g/mol. The number of rotatable bonds is 6. The molecular formula is C24H33IN4O3. The van der Waals surface area contributed by atoms with Crippen LogP contribution in [0.4, 0.5) is 0 Å². The number of halogens is 1. The SMILES string of the molecule is CN=C(NCc1ccc(OC)c(OC)c1)N1CC2OCCN(Cc3ccccc3)C2C1.I. The Labute approximate surface area is 207 Å². The molecule has 32 heavy (non-hydrogen) atoms. The highest BCUT2D eigenvalue weighted by Crippen LogP contribution is 2.28. The van der Waals surface area contributed by atoms with E-state index in [9.17, 15) is 0 Å². The maximum Gasteiger partial charge on any atom is 0.194 e. The summed E-state index contributed by atoms with van der Waals surface area (Å²) in [6.07, 6.45) is 0.206. The average Bonchev–Trinajstić information content (AvgIpc) is 3.25. The van der Waals surface area contributed by atoms with Gasteiger partial charge >= 0.3 is 0 Å². The minimum absolute atomic E-state index is 0. The number of aliphatic imine (C=N–C) groups is 1. The van der Waals surface area contributed by atoms with Crippen LogP contribution in [-0.4, -0.2) is 75.4 Å². The predicted octanol–water partition coefficient (Wildman–Crippen LogP) is 2.98. The highest BCUT2D eigenvalue weighted by Gasteiger charge is 2.41. The van der Waals surface area contributed by atoms with Crippen LogP contribution in [0.2, 0.25) is 0 Å². The fourth-order valence-electron chi connectivity index (χ4n) is 4.45. The van der Waals surface area contributed by atoms with Crippen LogP contribution in [0.1, 0.15) is 11.1 Å². The Morgan fingerprint density at radius 3 is 2.56 bits per heavy atom. The number of benzene rings is 2. The van der Waals surface area contributed by atoms with Crippen LogP contribution in [0.5, 0.6) is 11.5 Å². The number of guanidine groups is 1. The van der Waals surface area contributed by atoms with Gasteiger partial charge in [0.1, 0.15) is 0 Å². The quantitative estimate of drug-likeness (QED) is 0.338. The zero-order valence-electron chi connectivity index (χ0n) is 19.0. The highest BCUT2D eigenvalue weighted by molar-refractivity contribution is 14.0. The van der Waals surface area contributed by atoms with Gasteiger partial charge < -0.3 is 24.4 Å². The van der Waals surface area contributed by atoms with Crippen molar-refractivity contribution in [1.82, 2.24) is 15.1 Å². The van der Waals surface area contributed by atoms with Crippen molar-refractivity contribution in [3.63, 3.8) is 0 Å². The van der Waals surface area contributed by atoms with Crippen molar-refractivity contribution >= 4 is 29.9 Å². The number of nitrogens with zero attached hydrogens (tertiary/aromatic N) is 3. The van der Waals surface area contributed by atoms with Gasteiger partial charge in [0, 0.05) is 39.8 Å². The number of hydrogen-bond acceptors (Lipinski definition) is 5. The standard InChI is InChI=1S/C24H32N4O3.HI/c1-25-24(26-14-19-9-10-21(29-2)22(13-19)30-3)28-16-20-23(17-28)31-12-11-27(20)15-18-7-5-4-6-8-18;/h4-10,13,20,23H,11-12,14-17H2,1-3H3,(H,25,26);1H. The number of methoxy groups -OCH3 is 2. The summed E-state index contributed by atoms with van der Waals surface area (Å²) in [5, 5.41) is 3.50. The van der Waals surface area contributed by atoms with Crippen LogP contribution in [0.3, 0.4) is 0 Å². The van der Waals surface area contributed by atoms with E-state index in [-0.39, 0.29) is 30.1 Å². The van der Waals surface area contributed by atoms with Crippen LogP contribution in [-0.2, 0) is 17.8 Å². The molecule has 0 saturated carbocycles. The van der Waals surface area contributed by atoms with Gasteiger partial charge in [0.05, 0.1) is 33.0 Å². The van der Waals surface area contributed by atoms with Crippen molar-refractivity contribution in [2.24, 2.45) is 4.99 Å². The fraction of sp³-hybridized carbons (Fsp3) is 0.458. The first-order valence-corrected chi connectivity index (χ1v) is 10.8. The smallest absolute Gasteiger partial charge is 0.194 e. The van der Waals surface area contributed by atoms with Gasteiger partial charge in [-0.3, -0.25) is 9.89 Å². The lowest BCUT2D eigenvalue weighted by atomic mass is 10.1. The first-order chi connectivity index (χ1) is 15.2. The molecule has 0 radical (unpaired) electrons. The Morgan fingerprint density at radius 2 is 1.84 bits per heavy atom. The second-order valence-electron chi connectivity index (χ2n) is 7.93. The first kappa shape index (κ1) is 24.6. The summed E-state index contributed by atoms with van der Waals surface area (Å²) in [6, 6.07) is 17.0. The number of nitrogens with one attached hydrogen (secondary N) is 1. The molecule has 2 saturated heterocycles. The zero-order chi connectivity index (χ0) is 21.6. The summed E-state index contributed by atoms with van der Waals surface area (Å²) in [5.41, 5.74) is 2.45. The van der Waals surface area contributed by atoms with Gasteiger partial charge in [-0.15, -0.1) is 24.0 Å². The summed E-state index contributed by atoms with van der Waals surface area (Å²) in [4.78, 5) is 9.38. The van der Waals surface area contributed by atoms with E-state index in [1.165, 1.54) is 5.56 Å². The van der Waals surface area contributed by atoms with Gasteiger partial charge in [0.2, 0.25) is 0 Å². The van der Waals surface area contributed by atoms with E-state index in [4.69, 9.17) is 14.2 Å². The number of fused-ring (bicyclic) bond motifs is 1. The molecule has 0 aliphatic carbocycles. The molecule has 1 N–H and O–H groups in total. The van der Waals surface area contributed by atoms with Crippen molar-refractivity contribution in [3.8, 4) is 11.5 Å². The molecule has 0 amide bonds. The molecule has 2 aliphatic rings. The van der Waals surface area contributed by atoms with E-state index in [1.54, 1.807) is 14.2 Å². The van der Waals surface area contributed by atoms with Crippen molar-refractivity contribution in [2.75, 3.05) is 47.5 Å². The average molecular weight is 552 g/mol.